The summed E-state index contributed by atoms with van der Waals surface area (Å²) in [6.07, 6.45) is 6.11. The standard InChI is InChI=1S/2C6H6.C5H5N.C5H10O.2C5H12.3CH3.3Rb/c3*1-2-4-6-5-3-1;1-4(2)5(3)6;2*1-4-5(2)3;;;;;;/h2*1-6H;1-5H;4H,1-3H3;2*5H,4H2,1-3H3;3*1H3;;;/q;;;;;;3*-1;3*+1. The van der Waals surface area contributed by atoms with Gasteiger partial charge >= 0.3 is 175 Å². The Bertz CT molecular complexity index is 547. The summed E-state index contributed by atoms with van der Waals surface area (Å²) in [5.74, 6) is 2.24. The van der Waals surface area contributed by atoms with Crippen molar-refractivity contribution in [3.05, 3.63) is 126 Å². The topological polar surface area (TPSA) is 30.0 Å². The van der Waals surface area contributed by atoms with E-state index in [-0.39, 0.29) is 209 Å². The number of nitrogens with zero attached hydrogens (tertiary/aromatic N) is 1. The predicted molar refractivity (Wildman–Crippen MR) is 172 cm³/mol. The van der Waals surface area contributed by atoms with E-state index < -0.39 is 0 Å². The molecule has 0 radical (unpaired) electrons. The van der Waals surface area contributed by atoms with Crippen LogP contribution in [0.1, 0.15) is 75.2 Å². The van der Waals surface area contributed by atoms with Crippen LogP contribution in [0.15, 0.2) is 103 Å². The van der Waals surface area contributed by atoms with Crippen LogP contribution in [0.3, 0.4) is 0 Å². The molecule has 3 aromatic rings. The third-order valence-electron chi connectivity index (χ3n) is 4.35. The van der Waals surface area contributed by atoms with E-state index in [1.165, 1.54) is 12.8 Å². The minimum Gasteiger partial charge on any atom is -0.358 e. The number of ketones is 1. The van der Waals surface area contributed by atoms with Crippen molar-refractivity contribution < 1.29 is 179 Å². The third kappa shape index (κ3) is 77.9. The van der Waals surface area contributed by atoms with Gasteiger partial charge in [0.1, 0.15) is 5.78 Å². The van der Waals surface area contributed by atoms with E-state index in [2.05, 4.69) is 46.5 Å². The van der Waals surface area contributed by atoms with Crippen LogP contribution in [0, 0.1) is 40.0 Å². The van der Waals surface area contributed by atoms with Gasteiger partial charge in [-0.3, -0.25) is 9.78 Å². The first kappa shape index (κ1) is 65.4. The number of aromatic nitrogens is 1. The van der Waals surface area contributed by atoms with Gasteiger partial charge in [0.05, 0.1) is 0 Å². The van der Waals surface area contributed by atoms with Crippen LogP contribution in [0.25, 0.3) is 0 Å². The molecule has 0 N–H and O–H groups in total. The van der Waals surface area contributed by atoms with E-state index in [0.717, 1.165) is 11.8 Å². The van der Waals surface area contributed by atoms with Gasteiger partial charge in [0.25, 0.3) is 0 Å². The van der Waals surface area contributed by atoms with Crippen LogP contribution >= 0.6 is 0 Å². The Morgan fingerprint density at radius 3 is 0.700 bits per heavy atom. The second-order valence-electron chi connectivity index (χ2n) is 8.70. The van der Waals surface area contributed by atoms with Crippen molar-refractivity contribution in [3.63, 3.8) is 0 Å². The first-order valence-corrected chi connectivity index (χ1v) is 12.5. The molecule has 2 nitrogen and oxygen atoms in total. The Morgan fingerprint density at radius 1 is 0.500 bits per heavy atom. The maximum atomic E-state index is 10.1. The van der Waals surface area contributed by atoms with Crippen molar-refractivity contribution >= 4 is 5.78 Å². The third-order valence-corrected chi connectivity index (χ3v) is 4.35. The largest absolute Gasteiger partial charge is 1.00 e. The number of carbonyl (C=O) groups excluding carboxylic acids is 1. The maximum absolute atomic E-state index is 10.1. The number of rotatable bonds is 3. The summed E-state index contributed by atoms with van der Waals surface area (Å²) in [6, 6.07) is 29.7. The molecule has 214 valence electrons. The van der Waals surface area contributed by atoms with Crippen molar-refractivity contribution in [2.45, 2.75) is 75.2 Å². The van der Waals surface area contributed by atoms with E-state index in [0.29, 0.717) is 0 Å². The first-order chi connectivity index (χ1) is 16.2. The van der Waals surface area contributed by atoms with Crippen molar-refractivity contribution in [1.82, 2.24) is 4.98 Å². The number of benzene rings is 2. The Kier molecular flexibility index (Phi) is 93.7. The van der Waals surface area contributed by atoms with Crippen LogP contribution < -0.4 is 175 Å². The normalized spacial score (nSPS) is 7.40. The molecule has 1 aromatic heterocycles. The van der Waals surface area contributed by atoms with Crippen molar-refractivity contribution in [2.75, 3.05) is 0 Å². The summed E-state index contributed by atoms with van der Waals surface area (Å²) in [4.78, 5) is 13.9. The minimum atomic E-state index is 0. The van der Waals surface area contributed by atoms with Crippen LogP contribution in [0.4, 0.5) is 0 Å². The predicted octanol–water partition coefficient (Wildman–Crippen LogP) is 2.15. The average molecular weight is 767 g/mol. The van der Waals surface area contributed by atoms with E-state index in [1.807, 2.05) is 105 Å². The number of carbonyl (C=O) groups is 1. The second kappa shape index (κ2) is 57.3. The SMILES string of the molecule is CC(=O)C(C)C.CCC(C)C.CCC(C)C.[CH3-].[CH3-].[CH3-].[Rb+].[Rb+].[Rb+].c1ccccc1.c1ccccc1.c1ccncc1. The number of pyridine rings is 1. The van der Waals surface area contributed by atoms with Crippen LogP contribution in [-0.4, -0.2) is 10.8 Å². The maximum Gasteiger partial charge on any atom is 1.00 e. The molecule has 0 bridgehead atoms. The smallest absolute Gasteiger partial charge is 0.358 e. The molecule has 0 aliphatic carbocycles. The minimum absolute atomic E-state index is 0. The molecule has 40 heavy (non-hydrogen) atoms. The quantitative estimate of drug-likeness (QED) is 0.383. The summed E-state index contributed by atoms with van der Waals surface area (Å²) < 4.78 is 0. The molecular weight excluding hydrogens is 707 g/mol. The Morgan fingerprint density at radius 2 is 0.650 bits per heavy atom. The zero-order chi connectivity index (χ0) is 26.5. The number of hydrogen-bond donors (Lipinski definition) is 0. The molecule has 0 aliphatic heterocycles. The summed E-state index contributed by atoms with van der Waals surface area (Å²) in [5, 5.41) is 0. The molecule has 0 saturated carbocycles. The fourth-order valence-corrected chi connectivity index (χ4v) is 1.08. The molecular formula is C35H60NORb3. The van der Waals surface area contributed by atoms with E-state index >= 15 is 0 Å². The van der Waals surface area contributed by atoms with Crippen LogP contribution in [-0.2, 0) is 4.79 Å². The van der Waals surface area contributed by atoms with Gasteiger partial charge in [0.2, 0.25) is 0 Å². The van der Waals surface area contributed by atoms with Gasteiger partial charge in [0.15, 0.2) is 0 Å². The van der Waals surface area contributed by atoms with Crippen molar-refractivity contribution in [1.29, 1.82) is 0 Å². The Labute approximate surface area is 399 Å². The fraction of sp³-hybridized carbons (Fsp3) is 0.400. The number of Topliss-reactive ketones (excluding diaryl/α,β-unsaturated/α-hetero) is 1. The molecule has 3 rings (SSSR count). The molecule has 0 atom stereocenters. The molecule has 2 aromatic carbocycles. The second-order valence-corrected chi connectivity index (χ2v) is 8.70. The van der Waals surface area contributed by atoms with E-state index in [9.17, 15) is 4.79 Å². The molecule has 1 heterocycles. The molecule has 0 fully saturated rings. The van der Waals surface area contributed by atoms with Gasteiger partial charge in [-0.05, 0) is 30.9 Å². The van der Waals surface area contributed by atoms with E-state index in [1.54, 1.807) is 19.3 Å². The fourth-order valence-electron chi connectivity index (χ4n) is 1.08. The van der Waals surface area contributed by atoms with Gasteiger partial charge in [0, 0.05) is 18.3 Å². The number of hydrogen-bond acceptors (Lipinski definition) is 2. The molecule has 0 saturated heterocycles. The summed E-state index contributed by atoms with van der Waals surface area (Å²) in [6.45, 7) is 18.7. The van der Waals surface area contributed by atoms with Crippen molar-refractivity contribution in [3.8, 4) is 0 Å². The average Bonchev–Trinajstić information content (AvgIpc) is 2.89. The van der Waals surface area contributed by atoms with Crippen LogP contribution in [0.2, 0.25) is 0 Å². The Balaban J connectivity index is -0.0000000401. The monoisotopic (exact) mass is 765 g/mol. The van der Waals surface area contributed by atoms with Gasteiger partial charge in [-0.15, -0.1) is 0 Å². The zero-order valence-corrected chi connectivity index (χ0v) is 44.1. The Hall–Kier alpha value is 2.68. The van der Waals surface area contributed by atoms with Crippen molar-refractivity contribution in [2.24, 2.45) is 17.8 Å². The van der Waals surface area contributed by atoms with Gasteiger partial charge < -0.3 is 22.3 Å². The molecule has 0 aliphatic rings. The van der Waals surface area contributed by atoms with Crippen LogP contribution in [0.5, 0.6) is 0 Å². The summed E-state index contributed by atoms with van der Waals surface area (Å²) >= 11 is 0. The van der Waals surface area contributed by atoms with Gasteiger partial charge in [-0.1, -0.05) is 147 Å². The summed E-state index contributed by atoms with van der Waals surface area (Å²) in [7, 11) is 0. The molecule has 0 unspecified atom stereocenters. The first-order valence-electron chi connectivity index (χ1n) is 12.5. The molecule has 5 heteroatoms. The molecule has 0 spiro atoms. The van der Waals surface area contributed by atoms with Gasteiger partial charge in [-0.2, -0.15) is 0 Å². The molecule has 0 amide bonds. The summed E-state index contributed by atoms with van der Waals surface area (Å²) in [5.41, 5.74) is 0. The van der Waals surface area contributed by atoms with E-state index in [4.69, 9.17) is 0 Å². The van der Waals surface area contributed by atoms with Gasteiger partial charge in [-0.25, -0.2) is 0 Å². The zero-order valence-electron chi connectivity index (χ0n) is 29.3.